The Balaban J connectivity index is 3.27. The van der Waals surface area contributed by atoms with E-state index < -0.39 is 9.76 Å². The van der Waals surface area contributed by atoms with Crippen LogP contribution in [0.3, 0.4) is 0 Å². The molecule has 94 valence electrons. The maximum absolute atomic E-state index is 11.0. The number of carbonyl (C=O) groups is 1. The fourth-order valence-corrected chi connectivity index (χ4v) is 2.03. The van der Waals surface area contributed by atoms with E-state index in [1.807, 2.05) is 13.8 Å². The largest absolute Gasteiger partial charge is 0.462 e. The monoisotopic (exact) mass is 246 g/mol. The third-order valence-corrected chi connectivity index (χ3v) is 3.37. The van der Waals surface area contributed by atoms with E-state index in [4.69, 9.17) is 13.9 Å². The highest BCUT2D eigenvalue weighted by Gasteiger charge is 2.03. The first kappa shape index (κ1) is 15.3. The third kappa shape index (κ3) is 8.64. The molecule has 5 heteroatoms. The Labute approximate surface area is 99.9 Å². The molecule has 0 aliphatic rings. The molecule has 4 nitrogen and oxygen atoms in total. The standard InChI is InChI=1S/C11H22O4Si/c1-5-13-10(4)15-16-8-6-7-14-11(12)9(2)3/h10H,2,5-8,16H2,1,3-4H3. The van der Waals surface area contributed by atoms with Gasteiger partial charge < -0.3 is 13.9 Å². The molecule has 0 aromatic carbocycles. The van der Waals surface area contributed by atoms with Crippen molar-refractivity contribution in [2.24, 2.45) is 0 Å². The zero-order chi connectivity index (χ0) is 12.4. The summed E-state index contributed by atoms with van der Waals surface area (Å²) in [6.45, 7) is 10.1. The average Bonchev–Trinajstić information content (AvgIpc) is 2.23. The van der Waals surface area contributed by atoms with E-state index in [1.165, 1.54) is 0 Å². The van der Waals surface area contributed by atoms with Gasteiger partial charge in [0.1, 0.15) is 6.29 Å². The van der Waals surface area contributed by atoms with Gasteiger partial charge in [-0.1, -0.05) is 6.58 Å². The second-order valence-electron chi connectivity index (χ2n) is 3.52. The smallest absolute Gasteiger partial charge is 0.333 e. The maximum atomic E-state index is 11.0. The molecular weight excluding hydrogens is 224 g/mol. The quantitative estimate of drug-likeness (QED) is 0.203. The van der Waals surface area contributed by atoms with Crippen LogP contribution >= 0.6 is 0 Å². The van der Waals surface area contributed by atoms with E-state index >= 15 is 0 Å². The molecule has 0 spiro atoms. The Morgan fingerprint density at radius 2 is 2.19 bits per heavy atom. The molecule has 0 bridgehead atoms. The maximum Gasteiger partial charge on any atom is 0.333 e. The molecule has 0 rings (SSSR count). The molecule has 0 aliphatic carbocycles. The van der Waals surface area contributed by atoms with E-state index in [1.54, 1.807) is 6.92 Å². The van der Waals surface area contributed by atoms with Crippen molar-refractivity contribution >= 4 is 15.7 Å². The first-order valence-corrected chi connectivity index (χ1v) is 7.21. The summed E-state index contributed by atoms with van der Waals surface area (Å²) in [4.78, 5) is 11.0. The van der Waals surface area contributed by atoms with E-state index in [0.29, 0.717) is 18.8 Å². The number of hydrogen-bond acceptors (Lipinski definition) is 4. The van der Waals surface area contributed by atoms with Crippen LogP contribution in [0.5, 0.6) is 0 Å². The highest BCUT2D eigenvalue weighted by molar-refractivity contribution is 6.27. The predicted octanol–water partition coefficient (Wildman–Crippen LogP) is 1.40. The molecule has 0 N–H and O–H groups in total. The lowest BCUT2D eigenvalue weighted by Crippen LogP contribution is -2.15. The van der Waals surface area contributed by atoms with Gasteiger partial charge in [-0.25, -0.2) is 4.79 Å². The van der Waals surface area contributed by atoms with Crippen molar-refractivity contribution in [2.75, 3.05) is 13.2 Å². The Bertz CT molecular complexity index is 218. The fraction of sp³-hybridized carbons (Fsp3) is 0.727. The number of ether oxygens (including phenoxy) is 2. The van der Waals surface area contributed by atoms with Crippen molar-refractivity contribution in [3.05, 3.63) is 12.2 Å². The van der Waals surface area contributed by atoms with Crippen LogP contribution in [0.25, 0.3) is 0 Å². The summed E-state index contributed by atoms with van der Waals surface area (Å²) in [5, 5.41) is 0. The first-order chi connectivity index (χ1) is 7.57. The Hall–Kier alpha value is -0.653. The topological polar surface area (TPSA) is 44.8 Å². The van der Waals surface area contributed by atoms with Crippen LogP contribution < -0.4 is 0 Å². The van der Waals surface area contributed by atoms with Crippen molar-refractivity contribution < 1.29 is 18.7 Å². The number of esters is 1. The summed E-state index contributed by atoms with van der Waals surface area (Å²) in [6.07, 6.45) is 0.749. The first-order valence-electron chi connectivity index (χ1n) is 5.63. The van der Waals surface area contributed by atoms with Gasteiger partial charge in [-0.15, -0.1) is 0 Å². The Kier molecular flexibility index (Phi) is 9.17. The van der Waals surface area contributed by atoms with Gasteiger partial charge in [0.2, 0.25) is 0 Å². The predicted molar refractivity (Wildman–Crippen MR) is 65.9 cm³/mol. The molecule has 0 amide bonds. The lowest BCUT2D eigenvalue weighted by Gasteiger charge is -2.12. The molecule has 0 aromatic rings. The molecule has 0 saturated carbocycles. The number of carbonyl (C=O) groups excluding carboxylic acids is 1. The van der Waals surface area contributed by atoms with E-state index in [-0.39, 0.29) is 12.3 Å². The zero-order valence-electron chi connectivity index (χ0n) is 10.5. The van der Waals surface area contributed by atoms with Gasteiger partial charge in [-0.05, 0) is 33.2 Å². The average molecular weight is 246 g/mol. The van der Waals surface area contributed by atoms with Crippen molar-refractivity contribution in [3.8, 4) is 0 Å². The summed E-state index contributed by atoms with van der Waals surface area (Å²) in [5.41, 5.74) is 0.443. The van der Waals surface area contributed by atoms with Crippen molar-refractivity contribution in [1.29, 1.82) is 0 Å². The van der Waals surface area contributed by atoms with Crippen LogP contribution in [0.15, 0.2) is 12.2 Å². The van der Waals surface area contributed by atoms with Crippen LogP contribution in [-0.2, 0) is 18.7 Å². The van der Waals surface area contributed by atoms with Crippen LogP contribution in [0.4, 0.5) is 0 Å². The summed E-state index contributed by atoms with van der Waals surface area (Å²) >= 11 is 0. The zero-order valence-corrected chi connectivity index (χ0v) is 11.9. The van der Waals surface area contributed by atoms with Gasteiger partial charge in [0.25, 0.3) is 0 Å². The van der Waals surface area contributed by atoms with Gasteiger partial charge >= 0.3 is 5.97 Å². The minimum absolute atomic E-state index is 0.102. The molecule has 0 heterocycles. The molecule has 0 saturated heterocycles. The molecule has 0 aromatic heterocycles. The van der Waals surface area contributed by atoms with Gasteiger partial charge in [0, 0.05) is 12.2 Å². The summed E-state index contributed by atoms with van der Waals surface area (Å²) in [6, 6.07) is 0.987. The van der Waals surface area contributed by atoms with Crippen LogP contribution in [0.2, 0.25) is 6.04 Å². The second-order valence-corrected chi connectivity index (χ2v) is 4.97. The molecule has 16 heavy (non-hydrogen) atoms. The summed E-state index contributed by atoms with van der Waals surface area (Å²) in [7, 11) is -0.559. The molecular formula is C11H22O4Si. The van der Waals surface area contributed by atoms with Crippen LogP contribution in [0, 0.1) is 0 Å². The fourth-order valence-electron chi connectivity index (χ4n) is 1.02. The lowest BCUT2D eigenvalue weighted by molar-refractivity contribution is -0.138. The van der Waals surface area contributed by atoms with E-state index in [0.717, 1.165) is 12.5 Å². The normalized spacial score (nSPS) is 12.9. The van der Waals surface area contributed by atoms with Gasteiger partial charge in [-0.3, -0.25) is 0 Å². The molecule has 1 atom stereocenters. The molecule has 0 aliphatic heterocycles. The molecule has 0 radical (unpaired) electrons. The molecule has 0 fully saturated rings. The van der Waals surface area contributed by atoms with Crippen molar-refractivity contribution in [2.45, 2.75) is 39.5 Å². The number of hydrogen-bond donors (Lipinski definition) is 0. The van der Waals surface area contributed by atoms with E-state index in [2.05, 4.69) is 6.58 Å². The second kappa shape index (κ2) is 9.56. The summed E-state index contributed by atoms with van der Waals surface area (Å²) < 4.78 is 15.7. The minimum Gasteiger partial charge on any atom is -0.462 e. The van der Waals surface area contributed by atoms with Crippen LogP contribution in [0.1, 0.15) is 27.2 Å². The highest BCUT2D eigenvalue weighted by atomic mass is 28.2. The van der Waals surface area contributed by atoms with Gasteiger partial charge in [-0.2, -0.15) is 0 Å². The van der Waals surface area contributed by atoms with Crippen LogP contribution in [-0.4, -0.2) is 35.2 Å². The van der Waals surface area contributed by atoms with Gasteiger partial charge in [0.15, 0.2) is 9.76 Å². The van der Waals surface area contributed by atoms with E-state index in [9.17, 15) is 4.79 Å². The number of rotatable bonds is 9. The highest BCUT2D eigenvalue weighted by Crippen LogP contribution is 1.98. The lowest BCUT2D eigenvalue weighted by atomic mass is 10.4. The Morgan fingerprint density at radius 1 is 1.50 bits per heavy atom. The molecule has 1 unspecified atom stereocenters. The van der Waals surface area contributed by atoms with Crippen molar-refractivity contribution in [1.82, 2.24) is 0 Å². The van der Waals surface area contributed by atoms with Crippen molar-refractivity contribution in [3.63, 3.8) is 0 Å². The minimum atomic E-state index is -0.559. The summed E-state index contributed by atoms with van der Waals surface area (Å²) in [5.74, 6) is -0.315. The Morgan fingerprint density at radius 3 is 2.75 bits per heavy atom. The SMILES string of the molecule is C=C(C)C(=O)OCCC[SiH2]OC(C)OCC. The van der Waals surface area contributed by atoms with Gasteiger partial charge in [0.05, 0.1) is 6.61 Å². The third-order valence-electron chi connectivity index (χ3n) is 1.87.